The molecule has 0 atom stereocenters. The Bertz CT molecular complexity index is 1060. The molecule has 158 valence electrons. The van der Waals surface area contributed by atoms with Crippen molar-refractivity contribution in [2.45, 2.75) is 25.8 Å². The Balaban J connectivity index is 1.82. The number of thiazole rings is 1. The van der Waals surface area contributed by atoms with Gasteiger partial charge in [0.1, 0.15) is 5.82 Å². The largest absolute Gasteiger partial charge is 0.384 e. The fraction of sp³-hybridized carbons (Fsp3) is 0.400. The van der Waals surface area contributed by atoms with Crippen molar-refractivity contribution in [3.05, 3.63) is 29.6 Å². The third-order valence-corrected chi connectivity index (χ3v) is 6.01. The number of amides is 2. The number of carbonyl (C=O) groups excluding carboxylic acids is 1. The van der Waals surface area contributed by atoms with Crippen molar-refractivity contribution in [3.8, 4) is 21.8 Å². The SMILES string of the molecule is COCCn1nc(-c2ccc(N)nc2)c2c1-c1sc(NC(=O)N(C)C)nc1CCC2. The molecule has 2 amide bonds. The number of nitrogens with two attached hydrogens (primary N) is 1. The van der Waals surface area contributed by atoms with Gasteiger partial charge in [0.2, 0.25) is 0 Å². The zero-order chi connectivity index (χ0) is 21.3. The molecule has 30 heavy (non-hydrogen) atoms. The maximum absolute atomic E-state index is 12.1. The minimum absolute atomic E-state index is 0.194. The van der Waals surface area contributed by atoms with E-state index in [0.717, 1.165) is 46.8 Å². The summed E-state index contributed by atoms with van der Waals surface area (Å²) in [7, 11) is 5.09. The normalized spacial score (nSPS) is 12.8. The minimum Gasteiger partial charge on any atom is -0.384 e. The van der Waals surface area contributed by atoms with E-state index in [0.29, 0.717) is 24.1 Å². The molecule has 0 bridgehead atoms. The van der Waals surface area contributed by atoms with E-state index < -0.39 is 0 Å². The maximum Gasteiger partial charge on any atom is 0.323 e. The summed E-state index contributed by atoms with van der Waals surface area (Å²) in [5, 5.41) is 8.38. The van der Waals surface area contributed by atoms with Gasteiger partial charge < -0.3 is 15.4 Å². The standard InChI is InChI=1S/C20H25N7O2S/c1-26(2)20(28)24-19-23-14-6-4-5-13-16(12-7-8-15(21)22-11-12)25-27(9-10-29-3)17(13)18(14)30-19/h7-8,11H,4-6,9-10H2,1-3H3,(H2,21,22)(H,23,24,28). The molecule has 3 aromatic rings. The Morgan fingerprint density at radius 3 is 2.90 bits per heavy atom. The number of nitrogens with one attached hydrogen (secondary N) is 1. The third kappa shape index (κ3) is 3.88. The highest BCUT2D eigenvalue weighted by Crippen LogP contribution is 2.42. The molecule has 0 spiro atoms. The van der Waals surface area contributed by atoms with E-state index in [1.165, 1.54) is 21.8 Å². The molecule has 0 unspecified atom stereocenters. The van der Waals surface area contributed by atoms with Crippen LogP contribution in [-0.2, 0) is 24.1 Å². The molecule has 3 heterocycles. The highest BCUT2D eigenvalue weighted by atomic mass is 32.1. The number of aromatic nitrogens is 4. The van der Waals surface area contributed by atoms with Gasteiger partial charge in [0.05, 0.1) is 35.1 Å². The van der Waals surface area contributed by atoms with Gasteiger partial charge in [0.15, 0.2) is 5.13 Å². The van der Waals surface area contributed by atoms with Gasteiger partial charge in [0, 0.05) is 38.5 Å². The lowest BCUT2D eigenvalue weighted by Gasteiger charge is -2.09. The van der Waals surface area contributed by atoms with Crippen molar-refractivity contribution in [2.24, 2.45) is 0 Å². The number of aryl methyl sites for hydroxylation is 1. The molecule has 10 heteroatoms. The Kier molecular flexibility index (Phi) is 5.69. The Hall–Kier alpha value is -2.98. The van der Waals surface area contributed by atoms with Crippen LogP contribution in [0.25, 0.3) is 21.8 Å². The summed E-state index contributed by atoms with van der Waals surface area (Å²) in [6.45, 7) is 1.17. The first-order valence-electron chi connectivity index (χ1n) is 9.76. The zero-order valence-corrected chi connectivity index (χ0v) is 18.1. The van der Waals surface area contributed by atoms with Crippen LogP contribution in [0.5, 0.6) is 0 Å². The number of anilines is 2. The molecule has 3 aromatic heterocycles. The van der Waals surface area contributed by atoms with E-state index in [1.807, 2.05) is 10.7 Å². The summed E-state index contributed by atoms with van der Waals surface area (Å²) in [6.07, 6.45) is 4.46. The van der Waals surface area contributed by atoms with E-state index in [9.17, 15) is 4.79 Å². The number of ether oxygens (including phenoxy) is 1. The van der Waals surface area contributed by atoms with Crippen LogP contribution in [0.2, 0.25) is 0 Å². The van der Waals surface area contributed by atoms with Crippen LogP contribution >= 0.6 is 11.3 Å². The fourth-order valence-corrected chi connectivity index (χ4v) is 4.58. The Labute approximate surface area is 178 Å². The van der Waals surface area contributed by atoms with E-state index >= 15 is 0 Å². The summed E-state index contributed by atoms with van der Waals surface area (Å²) < 4.78 is 7.30. The highest BCUT2D eigenvalue weighted by Gasteiger charge is 2.28. The first kappa shape index (κ1) is 20.3. The monoisotopic (exact) mass is 427 g/mol. The van der Waals surface area contributed by atoms with Crippen molar-refractivity contribution in [2.75, 3.05) is 38.9 Å². The zero-order valence-electron chi connectivity index (χ0n) is 17.3. The number of fused-ring (bicyclic) bond motifs is 3. The Morgan fingerprint density at radius 1 is 1.37 bits per heavy atom. The number of hydrogen-bond donors (Lipinski definition) is 2. The van der Waals surface area contributed by atoms with Crippen LogP contribution in [0, 0.1) is 0 Å². The van der Waals surface area contributed by atoms with Gasteiger partial charge in [-0.2, -0.15) is 5.10 Å². The second kappa shape index (κ2) is 8.41. The second-order valence-corrected chi connectivity index (χ2v) is 8.34. The second-order valence-electron chi connectivity index (χ2n) is 7.34. The number of hydrogen-bond acceptors (Lipinski definition) is 7. The van der Waals surface area contributed by atoms with E-state index in [1.54, 1.807) is 33.5 Å². The predicted molar refractivity (Wildman–Crippen MR) is 118 cm³/mol. The van der Waals surface area contributed by atoms with Crippen LogP contribution in [0.4, 0.5) is 15.7 Å². The summed E-state index contributed by atoms with van der Waals surface area (Å²) >= 11 is 1.49. The van der Waals surface area contributed by atoms with Crippen LogP contribution in [0.3, 0.4) is 0 Å². The van der Waals surface area contributed by atoms with Crippen LogP contribution in [0.1, 0.15) is 17.7 Å². The van der Waals surface area contributed by atoms with Gasteiger partial charge in [-0.25, -0.2) is 14.8 Å². The first-order chi connectivity index (χ1) is 14.5. The van der Waals surface area contributed by atoms with Gasteiger partial charge in [0.25, 0.3) is 0 Å². The van der Waals surface area contributed by atoms with Gasteiger partial charge in [-0.15, -0.1) is 0 Å². The molecule has 3 N–H and O–H groups in total. The quantitative estimate of drug-likeness (QED) is 0.648. The number of nitrogens with zero attached hydrogens (tertiary/aromatic N) is 5. The van der Waals surface area contributed by atoms with Crippen LogP contribution in [0.15, 0.2) is 18.3 Å². The average Bonchev–Trinajstić information content (AvgIpc) is 3.23. The van der Waals surface area contributed by atoms with E-state index in [4.69, 9.17) is 20.6 Å². The molecule has 0 saturated heterocycles. The number of urea groups is 1. The third-order valence-electron chi connectivity index (χ3n) is 4.99. The van der Waals surface area contributed by atoms with Gasteiger partial charge in [-0.05, 0) is 31.4 Å². The lowest BCUT2D eigenvalue weighted by Crippen LogP contribution is -2.27. The Morgan fingerprint density at radius 2 is 2.20 bits per heavy atom. The van der Waals surface area contributed by atoms with Crippen molar-refractivity contribution in [1.29, 1.82) is 0 Å². The van der Waals surface area contributed by atoms with E-state index in [-0.39, 0.29) is 6.03 Å². The molecule has 0 radical (unpaired) electrons. The predicted octanol–water partition coefficient (Wildman–Crippen LogP) is 2.88. The lowest BCUT2D eigenvalue weighted by atomic mass is 10.0. The molecule has 4 rings (SSSR count). The highest BCUT2D eigenvalue weighted by molar-refractivity contribution is 7.19. The summed E-state index contributed by atoms with van der Waals surface area (Å²) in [5.41, 5.74) is 10.8. The fourth-order valence-electron chi connectivity index (χ4n) is 3.50. The van der Waals surface area contributed by atoms with E-state index in [2.05, 4.69) is 10.3 Å². The van der Waals surface area contributed by atoms with Crippen molar-refractivity contribution < 1.29 is 9.53 Å². The smallest absolute Gasteiger partial charge is 0.323 e. The van der Waals surface area contributed by atoms with Crippen LogP contribution < -0.4 is 11.1 Å². The number of nitrogen functional groups attached to an aromatic ring is 1. The summed E-state index contributed by atoms with van der Waals surface area (Å²) in [5.74, 6) is 0.481. The number of pyridine rings is 1. The first-order valence-corrected chi connectivity index (χ1v) is 10.6. The molecular weight excluding hydrogens is 402 g/mol. The van der Waals surface area contributed by atoms with Crippen LogP contribution in [-0.4, -0.2) is 58.5 Å². The molecule has 0 saturated carbocycles. The summed E-state index contributed by atoms with van der Waals surface area (Å²) in [6, 6.07) is 3.55. The molecule has 9 nitrogen and oxygen atoms in total. The number of rotatable bonds is 5. The molecule has 0 aromatic carbocycles. The van der Waals surface area contributed by atoms with Crippen molar-refractivity contribution in [3.63, 3.8) is 0 Å². The van der Waals surface area contributed by atoms with Gasteiger partial charge >= 0.3 is 6.03 Å². The molecular formula is C20H25N7O2S. The topological polar surface area (TPSA) is 111 Å². The average molecular weight is 428 g/mol. The van der Waals surface area contributed by atoms with Gasteiger partial charge in [-0.1, -0.05) is 11.3 Å². The lowest BCUT2D eigenvalue weighted by molar-refractivity contribution is 0.184. The minimum atomic E-state index is -0.194. The summed E-state index contributed by atoms with van der Waals surface area (Å²) in [4.78, 5) is 23.6. The number of methoxy groups -OCH3 is 1. The molecule has 1 aliphatic rings. The molecule has 1 aliphatic carbocycles. The molecule has 0 fully saturated rings. The molecule has 0 aliphatic heterocycles. The van der Waals surface area contributed by atoms with Crippen molar-refractivity contribution in [1.82, 2.24) is 24.6 Å². The number of carbonyl (C=O) groups is 1. The van der Waals surface area contributed by atoms with Crippen molar-refractivity contribution >= 4 is 28.3 Å². The van der Waals surface area contributed by atoms with Gasteiger partial charge in [-0.3, -0.25) is 10.00 Å². The maximum atomic E-state index is 12.1.